The molecule has 8 nitrogen and oxygen atoms in total. The third-order valence-electron chi connectivity index (χ3n) is 4.59. The van der Waals surface area contributed by atoms with E-state index in [9.17, 15) is 9.59 Å². The van der Waals surface area contributed by atoms with Gasteiger partial charge in [-0.2, -0.15) is 9.78 Å². The van der Waals surface area contributed by atoms with Gasteiger partial charge in [0.05, 0.1) is 11.9 Å². The molecule has 3 heterocycles. The van der Waals surface area contributed by atoms with Crippen LogP contribution < -0.4 is 15.0 Å². The van der Waals surface area contributed by atoms with Crippen molar-refractivity contribution >= 4 is 33.6 Å². The van der Waals surface area contributed by atoms with Gasteiger partial charge in [-0.3, -0.25) is 9.78 Å². The Kier molecular flexibility index (Phi) is 5.30. The van der Waals surface area contributed by atoms with Crippen LogP contribution in [0.3, 0.4) is 0 Å². The summed E-state index contributed by atoms with van der Waals surface area (Å²) in [6, 6.07) is 7.91. The molecule has 1 aromatic carbocycles. The highest BCUT2D eigenvalue weighted by molar-refractivity contribution is 9.10. The quantitative estimate of drug-likeness (QED) is 0.655. The van der Waals surface area contributed by atoms with Gasteiger partial charge in [0.1, 0.15) is 18.4 Å². The average Bonchev–Trinajstić information content (AvgIpc) is 3.16. The highest BCUT2D eigenvalue weighted by Gasteiger charge is 2.31. The van der Waals surface area contributed by atoms with E-state index in [2.05, 4.69) is 31.3 Å². The number of aromatic nitrogens is 3. The number of carbonyl (C=O) groups excluding carboxylic acids is 2. The van der Waals surface area contributed by atoms with Gasteiger partial charge in [-0.1, -0.05) is 22.0 Å². The van der Waals surface area contributed by atoms with Crippen molar-refractivity contribution in [1.29, 1.82) is 0 Å². The average molecular weight is 456 g/mol. The molecule has 2 amide bonds. The molecule has 0 aliphatic carbocycles. The van der Waals surface area contributed by atoms with Gasteiger partial charge in [-0.15, -0.1) is 0 Å². The number of rotatable bonds is 3. The largest absolute Gasteiger partial charge is 0.489 e. The second-order valence-corrected chi connectivity index (χ2v) is 7.57. The SMILES string of the molecule is CN1C(=O)C(NC(=O)n2cc(Cc3cccnc3)cn2)COc2ccc(Br)cc21. The van der Waals surface area contributed by atoms with Crippen molar-refractivity contribution in [2.75, 3.05) is 18.6 Å². The van der Waals surface area contributed by atoms with Gasteiger partial charge in [0.15, 0.2) is 0 Å². The van der Waals surface area contributed by atoms with E-state index in [4.69, 9.17) is 4.74 Å². The summed E-state index contributed by atoms with van der Waals surface area (Å²) in [5.74, 6) is 0.316. The molecular formula is C20H18BrN5O3. The third-order valence-corrected chi connectivity index (χ3v) is 5.08. The normalized spacial score (nSPS) is 16.0. The van der Waals surface area contributed by atoms with Gasteiger partial charge >= 0.3 is 6.03 Å². The minimum Gasteiger partial charge on any atom is -0.489 e. The Morgan fingerprint density at radius 2 is 2.17 bits per heavy atom. The summed E-state index contributed by atoms with van der Waals surface area (Å²) < 4.78 is 7.76. The van der Waals surface area contributed by atoms with Gasteiger partial charge in [-0.05, 0) is 35.4 Å². The number of ether oxygens (including phenoxy) is 1. The Labute approximate surface area is 175 Å². The predicted octanol–water partition coefficient (Wildman–Crippen LogP) is 2.61. The fourth-order valence-electron chi connectivity index (χ4n) is 3.09. The standard InChI is InChI=1S/C20H18BrN5O3/c1-25-17-8-15(21)4-5-18(17)29-12-16(19(25)27)24-20(28)26-11-14(10-23-26)7-13-3-2-6-22-9-13/h2-6,8-11,16H,7,12H2,1H3,(H,24,28). The maximum absolute atomic E-state index is 12.8. The fourth-order valence-corrected chi connectivity index (χ4v) is 3.44. The van der Waals surface area contributed by atoms with Gasteiger partial charge in [0.2, 0.25) is 0 Å². The molecule has 0 saturated carbocycles. The van der Waals surface area contributed by atoms with Crippen LogP contribution in [-0.4, -0.2) is 46.4 Å². The van der Waals surface area contributed by atoms with Crippen LogP contribution in [0.5, 0.6) is 5.75 Å². The fraction of sp³-hybridized carbons (Fsp3) is 0.200. The lowest BCUT2D eigenvalue weighted by atomic mass is 10.1. The monoisotopic (exact) mass is 455 g/mol. The molecule has 148 valence electrons. The van der Waals surface area contributed by atoms with E-state index >= 15 is 0 Å². The summed E-state index contributed by atoms with van der Waals surface area (Å²) in [4.78, 5) is 31.0. The van der Waals surface area contributed by atoms with Crippen molar-refractivity contribution in [1.82, 2.24) is 20.1 Å². The number of pyridine rings is 1. The molecule has 0 spiro atoms. The molecule has 3 aromatic rings. The maximum atomic E-state index is 12.8. The van der Waals surface area contributed by atoms with Crippen molar-refractivity contribution in [2.24, 2.45) is 0 Å². The zero-order chi connectivity index (χ0) is 20.4. The number of benzene rings is 1. The zero-order valence-electron chi connectivity index (χ0n) is 15.6. The number of carbonyl (C=O) groups is 2. The third kappa shape index (κ3) is 4.14. The molecule has 2 aromatic heterocycles. The number of hydrogen-bond donors (Lipinski definition) is 1. The lowest BCUT2D eigenvalue weighted by Gasteiger charge is -2.20. The Balaban J connectivity index is 1.45. The summed E-state index contributed by atoms with van der Waals surface area (Å²) in [7, 11) is 1.65. The molecule has 0 bridgehead atoms. The van der Waals surface area contributed by atoms with E-state index in [0.29, 0.717) is 17.9 Å². The second-order valence-electron chi connectivity index (χ2n) is 6.65. The second kappa shape index (κ2) is 8.04. The van der Waals surface area contributed by atoms with Crippen molar-refractivity contribution in [2.45, 2.75) is 12.5 Å². The van der Waals surface area contributed by atoms with Gasteiger partial charge < -0.3 is 15.0 Å². The van der Waals surface area contributed by atoms with Gasteiger partial charge in [0, 0.05) is 36.5 Å². The summed E-state index contributed by atoms with van der Waals surface area (Å²) >= 11 is 3.40. The maximum Gasteiger partial charge on any atom is 0.342 e. The smallest absolute Gasteiger partial charge is 0.342 e. The number of nitrogens with zero attached hydrogens (tertiary/aromatic N) is 4. The van der Waals surface area contributed by atoms with E-state index in [0.717, 1.165) is 15.6 Å². The van der Waals surface area contributed by atoms with E-state index < -0.39 is 12.1 Å². The highest BCUT2D eigenvalue weighted by atomic mass is 79.9. The first-order valence-corrected chi connectivity index (χ1v) is 9.74. The van der Waals surface area contributed by atoms with Crippen LogP contribution in [0, 0.1) is 0 Å². The molecule has 1 aliphatic rings. The Hall–Kier alpha value is -3.20. The zero-order valence-corrected chi connectivity index (χ0v) is 17.2. The molecule has 0 fully saturated rings. The number of anilines is 1. The number of amides is 2. The van der Waals surface area contributed by atoms with Crippen LogP contribution in [0.15, 0.2) is 59.6 Å². The van der Waals surface area contributed by atoms with Crippen molar-refractivity contribution < 1.29 is 14.3 Å². The number of hydrogen-bond acceptors (Lipinski definition) is 5. The van der Waals surface area contributed by atoms with Crippen molar-refractivity contribution in [3.05, 3.63) is 70.7 Å². The Morgan fingerprint density at radius 3 is 2.97 bits per heavy atom. The van der Waals surface area contributed by atoms with E-state index in [1.165, 1.54) is 9.58 Å². The molecule has 1 aliphatic heterocycles. The van der Waals surface area contributed by atoms with Crippen LogP contribution in [0.25, 0.3) is 0 Å². The summed E-state index contributed by atoms with van der Waals surface area (Å²) in [6.07, 6.45) is 7.35. The topological polar surface area (TPSA) is 89.4 Å². The molecular weight excluding hydrogens is 438 g/mol. The van der Waals surface area contributed by atoms with Gasteiger partial charge in [-0.25, -0.2) is 4.79 Å². The Bertz CT molecular complexity index is 1050. The molecule has 0 radical (unpaired) electrons. The number of fused-ring (bicyclic) bond motifs is 1. The summed E-state index contributed by atoms with van der Waals surface area (Å²) in [5.41, 5.74) is 2.52. The van der Waals surface area contributed by atoms with E-state index in [-0.39, 0.29) is 12.5 Å². The number of halogens is 1. The molecule has 9 heteroatoms. The first kappa shape index (κ1) is 19.1. The minimum absolute atomic E-state index is 0.0351. The molecule has 1 atom stereocenters. The highest BCUT2D eigenvalue weighted by Crippen LogP contribution is 2.33. The van der Waals surface area contributed by atoms with Crippen molar-refractivity contribution in [3.63, 3.8) is 0 Å². The van der Waals surface area contributed by atoms with Crippen molar-refractivity contribution in [3.8, 4) is 5.75 Å². The lowest BCUT2D eigenvalue weighted by molar-refractivity contribution is -0.120. The molecule has 0 saturated heterocycles. The van der Waals surface area contributed by atoms with Crippen LogP contribution in [-0.2, 0) is 11.2 Å². The minimum atomic E-state index is -0.829. The van der Waals surface area contributed by atoms with E-state index in [1.54, 1.807) is 44.0 Å². The van der Waals surface area contributed by atoms with E-state index in [1.807, 2.05) is 18.2 Å². The van der Waals surface area contributed by atoms with Crippen LogP contribution in [0.4, 0.5) is 10.5 Å². The van der Waals surface area contributed by atoms with Crippen LogP contribution >= 0.6 is 15.9 Å². The first-order valence-electron chi connectivity index (χ1n) is 8.94. The van der Waals surface area contributed by atoms with Crippen LogP contribution in [0.2, 0.25) is 0 Å². The molecule has 29 heavy (non-hydrogen) atoms. The summed E-state index contributed by atoms with van der Waals surface area (Å²) in [5, 5.41) is 6.81. The predicted molar refractivity (Wildman–Crippen MR) is 110 cm³/mol. The molecule has 1 unspecified atom stereocenters. The number of likely N-dealkylation sites (N-methyl/N-ethyl adjacent to an activating group) is 1. The summed E-state index contributed by atoms with van der Waals surface area (Å²) in [6.45, 7) is 0.0351. The number of nitrogens with one attached hydrogen (secondary N) is 1. The molecule has 1 N–H and O–H groups in total. The van der Waals surface area contributed by atoms with Gasteiger partial charge in [0.25, 0.3) is 5.91 Å². The Morgan fingerprint density at radius 1 is 1.31 bits per heavy atom. The molecule has 4 rings (SSSR count). The first-order chi connectivity index (χ1) is 14.0. The van der Waals surface area contributed by atoms with Crippen LogP contribution in [0.1, 0.15) is 11.1 Å². The lowest BCUT2D eigenvalue weighted by Crippen LogP contribution is -2.50.